The fraction of sp³-hybridized carbons (Fsp3) is 0.933. The molecule has 0 N–H and O–H groups in total. The van der Waals surface area contributed by atoms with Crippen molar-refractivity contribution in [2.75, 3.05) is 39.3 Å². The maximum absolute atomic E-state index is 12.3. The molecule has 1 saturated heterocycles. The lowest BCUT2D eigenvalue weighted by molar-refractivity contribution is -0.143. The van der Waals surface area contributed by atoms with Crippen molar-refractivity contribution in [1.82, 2.24) is 9.80 Å². The molecule has 1 aliphatic heterocycles. The van der Waals surface area contributed by atoms with E-state index in [1.165, 1.54) is 70.8 Å². The molecule has 0 radical (unpaired) electrons. The zero-order valence-corrected chi connectivity index (χ0v) is 24.5. The number of piperidine rings is 1. The maximum atomic E-state index is 12.3. The molecular formula is C30H58N2O4. The van der Waals surface area contributed by atoms with Crippen LogP contribution in [0.1, 0.15) is 131 Å². The molecule has 0 spiro atoms. The smallest absolute Gasteiger partial charge is 0.410 e. The summed E-state index contributed by atoms with van der Waals surface area (Å²) in [7, 11) is 0. The normalized spacial score (nSPS) is 14.9. The number of hydrogen-bond donors (Lipinski definition) is 0. The van der Waals surface area contributed by atoms with E-state index in [0.717, 1.165) is 51.9 Å². The number of ether oxygens (including phenoxy) is 2. The van der Waals surface area contributed by atoms with Crippen molar-refractivity contribution >= 4 is 12.1 Å². The van der Waals surface area contributed by atoms with E-state index in [4.69, 9.17) is 9.47 Å². The van der Waals surface area contributed by atoms with Crippen molar-refractivity contribution < 1.29 is 19.1 Å². The van der Waals surface area contributed by atoms with Crippen LogP contribution in [0.4, 0.5) is 4.79 Å². The Morgan fingerprint density at radius 3 is 1.92 bits per heavy atom. The van der Waals surface area contributed by atoms with Crippen molar-refractivity contribution in [1.29, 1.82) is 0 Å². The molecule has 212 valence electrons. The van der Waals surface area contributed by atoms with Gasteiger partial charge in [-0.15, -0.1) is 0 Å². The molecule has 1 rings (SSSR count). The van der Waals surface area contributed by atoms with Gasteiger partial charge in [0.25, 0.3) is 0 Å². The number of hydrogen-bond acceptors (Lipinski definition) is 5. The van der Waals surface area contributed by atoms with Gasteiger partial charge in [-0.25, -0.2) is 4.79 Å². The molecule has 0 aliphatic carbocycles. The number of unbranched alkanes of at least 4 members (excludes halogenated alkanes) is 9. The van der Waals surface area contributed by atoms with Crippen LogP contribution in [0.2, 0.25) is 0 Å². The van der Waals surface area contributed by atoms with Crippen molar-refractivity contribution in [3.63, 3.8) is 0 Å². The van der Waals surface area contributed by atoms with Crippen LogP contribution in [0.15, 0.2) is 0 Å². The number of rotatable bonds is 19. The van der Waals surface area contributed by atoms with Crippen LogP contribution in [0.5, 0.6) is 0 Å². The third-order valence-corrected chi connectivity index (χ3v) is 7.11. The topological polar surface area (TPSA) is 59.1 Å². The van der Waals surface area contributed by atoms with Crippen LogP contribution in [0.3, 0.4) is 0 Å². The quantitative estimate of drug-likeness (QED) is 0.132. The molecule has 0 aromatic carbocycles. The van der Waals surface area contributed by atoms with Gasteiger partial charge in [0.1, 0.15) is 5.60 Å². The van der Waals surface area contributed by atoms with Crippen molar-refractivity contribution in [3.05, 3.63) is 0 Å². The lowest BCUT2D eigenvalue weighted by Gasteiger charge is -2.34. The number of carbonyl (C=O) groups is 2. The lowest BCUT2D eigenvalue weighted by atomic mass is 9.93. The molecule has 1 heterocycles. The van der Waals surface area contributed by atoms with E-state index >= 15 is 0 Å². The summed E-state index contributed by atoms with van der Waals surface area (Å²) in [5.74, 6) is 0.639. The molecule has 0 unspecified atom stereocenters. The van der Waals surface area contributed by atoms with E-state index in [0.29, 0.717) is 18.9 Å². The second-order valence-electron chi connectivity index (χ2n) is 11.6. The molecule has 6 heteroatoms. The monoisotopic (exact) mass is 510 g/mol. The average Bonchev–Trinajstić information content (AvgIpc) is 2.83. The Bertz CT molecular complexity index is 568. The van der Waals surface area contributed by atoms with Gasteiger partial charge in [0, 0.05) is 19.5 Å². The predicted octanol–water partition coefficient (Wildman–Crippen LogP) is 7.59. The molecule has 0 aromatic rings. The largest absolute Gasteiger partial charge is 0.466 e. The highest BCUT2D eigenvalue weighted by Crippen LogP contribution is 2.23. The SMILES string of the molecule is CCCCCCCCCN(CCCCCCC(=O)OCC)CCC1CCN(C(=O)OC(C)(C)C)CC1. The molecule has 0 bridgehead atoms. The fourth-order valence-electron chi connectivity index (χ4n) is 4.92. The Morgan fingerprint density at radius 2 is 1.36 bits per heavy atom. The van der Waals surface area contributed by atoms with Gasteiger partial charge in [0.2, 0.25) is 0 Å². The summed E-state index contributed by atoms with van der Waals surface area (Å²) in [6.07, 6.45) is 17.7. The van der Waals surface area contributed by atoms with Crippen LogP contribution in [0.25, 0.3) is 0 Å². The number of amides is 1. The first-order valence-electron chi connectivity index (χ1n) is 15.1. The third kappa shape index (κ3) is 17.2. The molecule has 1 amide bonds. The minimum atomic E-state index is -0.427. The molecule has 0 atom stereocenters. The molecule has 6 nitrogen and oxygen atoms in total. The maximum Gasteiger partial charge on any atom is 0.410 e. The van der Waals surface area contributed by atoms with Crippen LogP contribution in [-0.4, -0.2) is 66.8 Å². The van der Waals surface area contributed by atoms with E-state index in [-0.39, 0.29) is 12.1 Å². The van der Waals surface area contributed by atoms with E-state index < -0.39 is 5.60 Å². The zero-order valence-electron chi connectivity index (χ0n) is 24.5. The van der Waals surface area contributed by atoms with Gasteiger partial charge in [0.15, 0.2) is 0 Å². The summed E-state index contributed by atoms with van der Waals surface area (Å²) in [5, 5.41) is 0. The second kappa shape index (κ2) is 19.8. The van der Waals surface area contributed by atoms with Crippen LogP contribution >= 0.6 is 0 Å². The predicted molar refractivity (Wildman–Crippen MR) is 149 cm³/mol. The van der Waals surface area contributed by atoms with Gasteiger partial charge in [-0.1, -0.05) is 58.3 Å². The summed E-state index contributed by atoms with van der Waals surface area (Å²) in [6.45, 7) is 15.6. The van der Waals surface area contributed by atoms with Crippen LogP contribution in [-0.2, 0) is 14.3 Å². The first kappa shape index (κ1) is 32.7. The van der Waals surface area contributed by atoms with Gasteiger partial charge in [-0.3, -0.25) is 4.79 Å². The molecule has 0 saturated carbocycles. The highest BCUT2D eigenvalue weighted by Gasteiger charge is 2.27. The van der Waals surface area contributed by atoms with Crippen molar-refractivity contribution in [2.45, 2.75) is 137 Å². The van der Waals surface area contributed by atoms with Crippen LogP contribution < -0.4 is 0 Å². The highest BCUT2D eigenvalue weighted by atomic mass is 16.6. The number of nitrogens with zero attached hydrogens (tertiary/aromatic N) is 2. The third-order valence-electron chi connectivity index (χ3n) is 7.11. The van der Waals surface area contributed by atoms with Crippen molar-refractivity contribution in [3.8, 4) is 0 Å². The molecule has 0 aromatic heterocycles. The van der Waals surface area contributed by atoms with Gasteiger partial charge in [0.05, 0.1) is 6.61 Å². The van der Waals surface area contributed by atoms with Gasteiger partial charge in [-0.2, -0.15) is 0 Å². The van der Waals surface area contributed by atoms with E-state index in [1.807, 2.05) is 32.6 Å². The van der Waals surface area contributed by atoms with E-state index in [9.17, 15) is 9.59 Å². The van der Waals surface area contributed by atoms with Gasteiger partial charge < -0.3 is 19.3 Å². The molecule has 1 aliphatic rings. The minimum Gasteiger partial charge on any atom is -0.466 e. The Kier molecular flexibility index (Phi) is 18.0. The molecule has 36 heavy (non-hydrogen) atoms. The zero-order chi connectivity index (χ0) is 26.7. The minimum absolute atomic E-state index is 0.0595. The highest BCUT2D eigenvalue weighted by molar-refractivity contribution is 5.69. The Labute approximate surface area is 222 Å². The van der Waals surface area contributed by atoms with Crippen LogP contribution in [0, 0.1) is 5.92 Å². The fourth-order valence-corrected chi connectivity index (χ4v) is 4.92. The number of esters is 1. The van der Waals surface area contributed by atoms with E-state index in [2.05, 4.69) is 11.8 Å². The summed E-state index contributed by atoms with van der Waals surface area (Å²) in [4.78, 5) is 28.4. The second-order valence-corrected chi connectivity index (χ2v) is 11.6. The van der Waals surface area contributed by atoms with E-state index in [1.54, 1.807) is 0 Å². The Morgan fingerprint density at radius 1 is 0.806 bits per heavy atom. The Hall–Kier alpha value is -1.30. The standard InChI is InChI=1S/C30H58N2O4/c1-6-8-9-10-11-13-16-22-31(23-17-14-12-15-18-28(33)35-7-2)24-19-27-20-25-32(26-21-27)29(34)36-30(3,4)5/h27H,6-26H2,1-5H3. The summed E-state index contributed by atoms with van der Waals surface area (Å²) in [6, 6.07) is 0. The molecule has 1 fully saturated rings. The summed E-state index contributed by atoms with van der Waals surface area (Å²) in [5.41, 5.74) is -0.427. The summed E-state index contributed by atoms with van der Waals surface area (Å²) < 4.78 is 10.6. The van der Waals surface area contributed by atoms with Gasteiger partial charge in [-0.05, 0) is 91.8 Å². The first-order chi connectivity index (χ1) is 17.2. The van der Waals surface area contributed by atoms with Gasteiger partial charge >= 0.3 is 12.1 Å². The Balaban J connectivity index is 2.33. The number of likely N-dealkylation sites (tertiary alicyclic amines) is 1. The average molecular weight is 511 g/mol. The summed E-state index contributed by atoms with van der Waals surface area (Å²) >= 11 is 0. The lowest BCUT2D eigenvalue weighted by Crippen LogP contribution is -2.42. The van der Waals surface area contributed by atoms with Crippen molar-refractivity contribution in [2.24, 2.45) is 5.92 Å². The molecular weight excluding hydrogens is 452 g/mol. The first-order valence-corrected chi connectivity index (χ1v) is 15.1. The number of carbonyl (C=O) groups excluding carboxylic acids is 2.